The lowest BCUT2D eigenvalue weighted by atomic mass is 10.1. The van der Waals surface area contributed by atoms with Crippen molar-refractivity contribution in [2.75, 3.05) is 16.9 Å². The Labute approximate surface area is 208 Å². The fourth-order valence-electron chi connectivity index (χ4n) is 3.08. The van der Waals surface area contributed by atoms with Crippen molar-refractivity contribution in [3.05, 3.63) is 92.5 Å². The Morgan fingerprint density at radius 2 is 1.79 bits per heavy atom. The minimum absolute atomic E-state index is 0.0330. The van der Waals surface area contributed by atoms with E-state index >= 15 is 0 Å². The number of nitrogens with one attached hydrogen (secondary N) is 2. The molecule has 9 heteroatoms. The van der Waals surface area contributed by atoms with Gasteiger partial charge in [-0.05, 0) is 82.8 Å². The van der Waals surface area contributed by atoms with E-state index in [1.54, 1.807) is 66.7 Å². The maximum Gasteiger partial charge on any atom is 0.282 e. The molecule has 33 heavy (non-hydrogen) atoms. The topological polar surface area (TPSA) is 87.7 Å². The number of anilines is 2. The molecule has 1 aliphatic heterocycles. The van der Waals surface area contributed by atoms with Crippen LogP contribution in [0, 0.1) is 3.57 Å². The van der Waals surface area contributed by atoms with Crippen LogP contribution in [0.15, 0.2) is 78.4 Å². The smallest absolute Gasteiger partial charge is 0.282 e. The Morgan fingerprint density at radius 1 is 1.06 bits per heavy atom. The summed E-state index contributed by atoms with van der Waals surface area (Å²) in [6, 6.07) is 20.8. The van der Waals surface area contributed by atoms with Crippen molar-refractivity contribution >= 4 is 69.4 Å². The van der Waals surface area contributed by atoms with Gasteiger partial charge in [-0.3, -0.25) is 19.8 Å². The van der Waals surface area contributed by atoms with E-state index < -0.39 is 11.8 Å². The first-order valence-electron chi connectivity index (χ1n) is 9.80. The summed E-state index contributed by atoms with van der Waals surface area (Å²) in [5, 5.41) is 4.52. The van der Waals surface area contributed by atoms with E-state index in [1.807, 2.05) is 6.07 Å². The van der Waals surface area contributed by atoms with Crippen LogP contribution in [-0.2, 0) is 14.4 Å². The van der Waals surface area contributed by atoms with Gasteiger partial charge in [0.2, 0.25) is 0 Å². The molecule has 3 amide bonds. The molecule has 0 saturated carbocycles. The molecule has 0 aromatic heterocycles. The van der Waals surface area contributed by atoms with E-state index in [1.165, 1.54) is 11.1 Å². The van der Waals surface area contributed by atoms with Crippen LogP contribution in [0.25, 0.3) is 6.08 Å². The zero-order valence-corrected chi connectivity index (χ0v) is 20.0. The first-order chi connectivity index (χ1) is 15.9. The van der Waals surface area contributed by atoms with Crippen molar-refractivity contribution in [3.63, 3.8) is 0 Å². The van der Waals surface area contributed by atoms with Gasteiger partial charge in [0.05, 0.1) is 9.26 Å². The SMILES string of the molecule is O=C(COc1ccc(/C=C2/C(=O)NN(c3ccccc3)C2=O)cc1I)Nc1ccc(Cl)cc1. The lowest BCUT2D eigenvalue weighted by Gasteiger charge is -2.13. The zero-order valence-electron chi connectivity index (χ0n) is 17.0. The van der Waals surface area contributed by atoms with Crippen LogP contribution in [-0.4, -0.2) is 24.3 Å². The fourth-order valence-corrected chi connectivity index (χ4v) is 3.90. The number of carbonyl (C=O) groups excluding carboxylic acids is 3. The molecule has 0 bridgehead atoms. The van der Waals surface area contributed by atoms with E-state index in [2.05, 4.69) is 33.3 Å². The maximum absolute atomic E-state index is 12.7. The Bertz CT molecular complexity index is 1250. The van der Waals surface area contributed by atoms with E-state index in [4.69, 9.17) is 16.3 Å². The van der Waals surface area contributed by atoms with Crippen molar-refractivity contribution in [3.8, 4) is 5.75 Å². The predicted octanol–water partition coefficient (Wildman–Crippen LogP) is 4.42. The second-order valence-electron chi connectivity index (χ2n) is 7.01. The highest BCUT2D eigenvalue weighted by atomic mass is 127. The van der Waals surface area contributed by atoms with Crippen LogP contribution in [0.3, 0.4) is 0 Å². The van der Waals surface area contributed by atoms with Crippen molar-refractivity contribution in [1.29, 1.82) is 0 Å². The Kier molecular flexibility index (Phi) is 6.95. The Hall–Kier alpha value is -3.37. The first kappa shape index (κ1) is 22.8. The first-order valence-corrected chi connectivity index (χ1v) is 11.3. The molecule has 1 aliphatic rings. The monoisotopic (exact) mass is 573 g/mol. The molecule has 0 radical (unpaired) electrons. The largest absolute Gasteiger partial charge is 0.483 e. The molecular weight excluding hydrogens is 557 g/mol. The molecule has 1 saturated heterocycles. The summed E-state index contributed by atoms with van der Waals surface area (Å²) in [7, 11) is 0. The van der Waals surface area contributed by atoms with Crippen LogP contribution in [0.1, 0.15) is 5.56 Å². The number of benzene rings is 3. The molecule has 0 atom stereocenters. The number of hydrazine groups is 1. The Balaban J connectivity index is 1.41. The van der Waals surface area contributed by atoms with Gasteiger partial charge in [0.15, 0.2) is 6.61 Å². The number of nitrogens with zero attached hydrogens (tertiary/aromatic N) is 1. The molecule has 4 rings (SSSR count). The molecule has 0 spiro atoms. The highest BCUT2D eigenvalue weighted by Crippen LogP contribution is 2.25. The molecule has 3 aromatic rings. The summed E-state index contributed by atoms with van der Waals surface area (Å²) < 4.78 is 6.34. The number of halogens is 2. The number of rotatable bonds is 6. The van der Waals surface area contributed by atoms with E-state index in [-0.39, 0.29) is 18.1 Å². The number of ether oxygens (including phenoxy) is 1. The number of amides is 3. The van der Waals surface area contributed by atoms with Crippen LogP contribution in [0.4, 0.5) is 11.4 Å². The van der Waals surface area contributed by atoms with Gasteiger partial charge in [0.1, 0.15) is 11.3 Å². The van der Waals surface area contributed by atoms with Gasteiger partial charge in [-0.1, -0.05) is 35.9 Å². The van der Waals surface area contributed by atoms with Crippen molar-refractivity contribution < 1.29 is 19.1 Å². The molecule has 2 N–H and O–H groups in total. The van der Waals surface area contributed by atoms with Gasteiger partial charge in [-0.25, -0.2) is 5.01 Å². The summed E-state index contributed by atoms with van der Waals surface area (Å²) in [6.45, 7) is -0.175. The second kappa shape index (κ2) is 10.1. The number of carbonyl (C=O) groups is 3. The van der Waals surface area contributed by atoms with Gasteiger partial charge >= 0.3 is 0 Å². The van der Waals surface area contributed by atoms with Crippen LogP contribution >= 0.6 is 34.2 Å². The molecule has 1 heterocycles. The standard InChI is InChI=1S/C24H17ClIN3O4/c25-16-7-9-17(10-8-16)27-22(30)14-33-21-11-6-15(13-20(21)26)12-19-23(31)28-29(24(19)32)18-4-2-1-3-5-18/h1-13H,14H2,(H,27,30)(H,28,31)/b19-12-. The molecular formula is C24H17ClIN3O4. The summed E-state index contributed by atoms with van der Waals surface area (Å²) in [4.78, 5) is 37.2. The van der Waals surface area contributed by atoms with Crippen molar-refractivity contribution in [1.82, 2.24) is 5.43 Å². The molecule has 0 unspecified atom stereocenters. The average Bonchev–Trinajstić information content (AvgIpc) is 3.09. The molecule has 1 fully saturated rings. The summed E-state index contributed by atoms with van der Waals surface area (Å²) >= 11 is 7.91. The lowest BCUT2D eigenvalue weighted by molar-refractivity contribution is -0.118. The summed E-state index contributed by atoms with van der Waals surface area (Å²) in [5.74, 6) is -0.705. The molecule has 7 nitrogen and oxygen atoms in total. The summed E-state index contributed by atoms with van der Waals surface area (Å²) in [5.41, 5.74) is 4.46. The third kappa shape index (κ3) is 5.52. The van der Waals surface area contributed by atoms with Crippen molar-refractivity contribution in [2.45, 2.75) is 0 Å². The third-order valence-electron chi connectivity index (χ3n) is 4.66. The van der Waals surface area contributed by atoms with E-state index in [0.29, 0.717) is 27.7 Å². The molecule has 3 aromatic carbocycles. The Morgan fingerprint density at radius 3 is 2.48 bits per heavy atom. The summed E-state index contributed by atoms with van der Waals surface area (Å²) in [6.07, 6.45) is 1.53. The quantitative estimate of drug-likeness (QED) is 0.260. The van der Waals surface area contributed by atoms with Gasteiger partial charge in [-0.2, -0.15) is 0 Å². The highest BCUT2D eigenvalue weighted by molar-refractivity contribution is 14.1. The number of hydrogen-bond acceptors (Lipinski definition) is 4. The minimum Gasteiger partial charge on any atom is -0.483 e. The van der Waals surface area contributed by atoms with Crippen LogP contribution in [0.5, 0.6) is 5.75 Å². The normalized spacial score (nSPS) is 14.4. The van der Waals surface area contributed by atoms with Crippen LogP contribution < -0.4 is 20.5 Å². The van der Waals surface area contributed by atoms with E-state index in [9.17, 15) is 14.4 Å². The molecule has 0 aliphatic carbocycles. The number of hydrogen-bond donors (Lipinski definition) is 2. The van der Waals surface area contributed by atoms with E-state index in [0.717, 1.165) is 3.57 Å². The van der Waals surface area contributed by atoms with Gasteiger partial charge in [0, 0.05) is 10.7 Å². The third-order valence-corrected chi connectivity index (χ3v) is 5.75. The predicted molar refractivity (Wildman–Crippen MR) is 135 cm³/mol. The second-order valence-corrected chi connectivity index (χ2v) is 8.61. The maximum atomic E-state index is 12.7. The highest BCUT2D eigenvalue weighted by Gasteiger charge is 2.34. The van der Waals surface area contributed by atoms with Crippen molar-refractivity contribution in [2.24, 2.45) is 0 Å². The van der Waals surface area contributed by atoms with Gasteiger partial charge < -0.3 is 10.1 Å². The van der Waals surface area contributed by atoms with Gasteiger partial charge in [-0.15, -0.1) is 0 Å². The number of para-hydroxylation sites is 1. The molecule has 166 valence electrons. The van der Waals surface area contributed by atoms with Gasteiger partial charge in [0.25, 0.3) is 17.7 Å². The lowest BCUT2D eigenvalue weighted by Crippen LogP contribution is -2.35. The minimum atomic E-state index is -0.474. The van der Waals surface area contributed by atoms with Crippen LogP contribution in [0.2, 0.25) is 5.02 Å². The zero-order chi connectivity index (χ0) is 23.4. The fraction of sp³-hybridized carbons (Fsp3) is 0.0417. The average molecular weight is 574 g/mol.